The lowest BCUT2D eigenvalue weighted by Crippen LogP contribution is -2.27. The third-order valence-corrected chi connectivity index (χ3v) is 2.92. The van der Waals surface area contributed by atoms with Gasteiger partial charge in [-0.3, -0.25) is 0 Å². The normalized spacial score (nSPS) is 12.2. The van der Waals surface area contributed by atoms with Crippen molar-refractivity contribution >= 4 is 6.09 Å². The Kier molecular flexibility index (Phi) is 3.46. The van der Waals surface area contributed by atoms with Gasteiger partial charge in [-0.25, -0.2) is 18.9 Å². The molecule has 6 nitrogen and oxygen atoms in total. The van der Waals surface area contributed by atoms with Crippen LogP contribution in [-0.2, 0) is 0 Å². The number of carboxylic acid groups (broad SMARTS) is 1. The van der Waals surface area contributed by atoms with Gasteiger partial charge in [0.2, 0.25) is 0 Å². The van der Waals surface area contributed by atoms with Crippen LogP contribution in [0.2, 0.25) is 0 Å². The van der Waals surface area contributed by atoms with E-state index in [1.807, 2.05) is 0 Å². The molecule has 2 heterocycles. The summed E-state index contributed by atoms with van der Waals surface area (Å²) in [6.07, 6.45) is 2.86. The van der Waals surface area contributed by atoms with Crippen LogP contribution < -0.4 is 0 Å². The Hall–Kier alpha value is -2.44. The van der Waals surface area contributed by atoms with E-state index in [1.165, 1.54) is 22.8 Å². The van der Waals surface area contributed by atoms with Crippen molar-refractivity contribution in [1.82, 2.24) is 19.7 Å². The standard InChI is InChI=1S/C12H13FN4O2/c1-8(16(2)12(18)19)9-3-4-11(14-5-9)17-7-10(13)6-15-17/h3-8H,1-2H3,(H,18,19). The first kappa shape index (κ1) is 13.0. The van der Waals surface area contributed by atoms with E-state index in [0.717, 1.165) is 11.8 Å². The van der Waals surface area contributed by atoms with Gasteiger partial charge in [-0.1, -0.05) is 6.07 Å². The van der Waals surface area contributed by atoms with Gasteiger partial charge in [-0.2, -0.15) is 5.10 Å². The second-order valence-corrected chi connectivity index (χ2v) is 4.12. The van der Waals surface area contributed by atoms with Crippen molar-refractivity contribution in [1.29, 1.82) is 0 Å². The van der Waals surface area contributed by atoms with Crippen molar-refractivity contribution in [3.05, 3.63) is 42.1 Å². The Morgan fingerprint density at radius 1 is 1.47 bits per heavy atom. The van der Waals surface area contributed by atoms with Crippen LogP contribution >= 0.6 is 0 Å². The third kappa shape index (κ3) is 2.70. The minimum atomic E-state index is -1.01. The highest BCUT2D eigenvalue weighted by Crippen LogP contribution is 2.18. The molecule has 0 saturated heterocycles. The number of rotatable bonds is 3. The molecular weight excluding hydrogens is 251 g/mol. The smallest absolute Gasteiger partial charge is 0.407 e. The predicted molar refractivity (Wildman–Crippen MR) is 65.5 cm³/mol. The molecule has 0 aliphatic carbocycles. The molecule has 0 saturated carbocycles. The molecule has 0 fully saturated rings. The van der Waals surface area contributed by atoms with Gasteiger partial charge in [0.05, 0.1) is 18.4 Å². The Balaban J connectivity index is 2.21. The highest BCUT2D eigenvalue weighted by molar-refractivity contribution is 5.65. The second kappa shape index (κ2) is 5.05. The van der Waals surface area contributed by atoms with E-state index in [-0.39, 0.29) is 6.04 Å². The maximum Gasteiger partial charge on any atom is 0.407 e. The van der Waals surface area contributed by atoms with Crippen molar-refractivity contribution in [2.75, 3.05) is 7.05 Å². The lowest BCUT2D eigenvalue weighted by atomic mass is 10.1. The number of nitrogens with zero attached hydrogens (tertiary/aromatic N) is 4. The van der Waals surface area contributed by atoms with E-state index in [1.54, 1.807) is 25.3 Å². The fourth-order valence-corrected chi connectivity index (χ4v) is 1.60. The number of carbonyl (C=O) groups is 1. The van der Waals surface area contributed by atoms with Crippen LogP contribution in [0.5, 0.6) is 0 Å². The van der Waals surface area contributed by atoms with Crippen LogP contribution in [0.3, 0.4) is 0 Å². The Bertz CT molecular complexity index is 582. The summed E-state index contributed by atoms with van der Waals surface area (Å²) in [5.74, 6) is 0.0303. The number of pyridine rings is 1. The quantitative estimate of drug-likeness (QED) is 0.921. The second-order valence-electron chi connectivity index (χ2n) is 4.12. The molecule has 19 heavy (non-hydrogen) atoms. The average molecular weight is 264 g/mol. The van der Waals surface area contributed by atoms with E-state index in [9.17, 15) is 9.18 Å². The Morgan fingerprint density at radius 3 is 2.68 bits per heavy atom. The number of amides is 1. The van der Waals surface area contributed by atoms with Gasteiger partial charge in [-0.15, -0.1) is 0 Å². The SMILES string of the molecule is CC(c1ccc(-n2cc(F)cn2)nc1)N(C)C(=O)O. The fourth-order valence-electron chi connectivity index (χ4n) is 1.60. The molecule has 1 amide bonds. The van der Waals surface area contributed by atoms with E-state index in [4.69, 9.17) is 5.11 Å². The Morgan fingerprint density at radius 2 is 2.21 bits per heavy atom. The van der Waals surface area contributed by atoms with Crippen molar-refractivity contribution in [3.8, 4) is 5.82 Å². The van der Waals surface area contributed by atoms with E-state index in [2.05, 4.69) is 10.1 Å². The summed E-state index contributed by atoms with van der Waals surface area (Å²) < 4.78 is 14.1. The molecule has 1 N–H and O–H groups in total. The summed E-state index contributed by atoms with van der Waals surface area (Å²) in [6, 6.07) is 3.09. The topological polar surface area (TPSA) is 71.2 Å². The molecule has 1 unspecified atom stereocenters. The van der Waals surface area contributed by atoms with Gasteiger partial charge in [0.15, 0.2) is 11.6 Å². The maximum atomic E-state index is 12.8. The third-order valence-electron chi connectivity index (χ3n) is 2.92. The first-order valence-electron chi connectivity index (χ1n) is 5.61. The predicted octanol–water partition coefficient (Wildman–Crippen LogP) is 2.08. The van der Waals surface area contributed by atoms with Gasteiger partial charge >= 0.3 is 6.09 Å². The molecule has 2 rings (SSSR count). The molecule has 2 aromatic heterocycles. The molecule has 0 bridgehead atoms. The molecule has 0 aliphatic rings. The Labute approximate surface area is 109 Å². The van der Waals surface area contributed by atoms with Crippen LogP contribution in [0.4, 0.5) is 9.18 Å². The number of halogens is 1. The maximum absolute atomic E-state index is 12.8. The summed E-state index contributed by atoms with van der Waals surface area (Å²) in [7, 11) is 1.49. The minimum Gasteiger partial charge on any atom is -0.465 e. The van der Waals surface area contributed by atoms with Gasteiger partial charge in [0.25, 0.3) is 0 Å². The van der Waals surface area contributed by atoms with Gasteiger partial charge in [0, 0.05) is 13.2 Å². The van der Waals surface area contributed by atoms with E-state index >= 15 is 0 Å². The lowest BCUT2D eigenvalue weighted by molar-refractivity contribution is 0.142. The molecule has 1 atom stereocenters. The van der Waals surface area contributed by atoms with E-state index in [0.29, 0.717) is 5.82 Å². The number of aromatic nitrogens is 3. The highest BCUT2D eigenvalue weighted by Gasteiger charge is 2.16. The molecule has 2 aromatic rings. The molecule has 0 spiro atoms. The summed E-state index contributed by atoms with van der Waals surface area (Å²) >= 11 is 0. The van der Waals surface area contributed by atoms with Crippen LogP contribution in [0, 0.1) is 5.82 Å². The number of hydrogen-bond donors (Lipinski definition) is 1. The van der Waals surface area contributed by atoms with Crippen molar-refractivity contribution < 1.29 is 14.3 Å². The molecule has 7 heteroatoms. The first-order valence-corrected chi connectivity index (χ1v) is 5.61. The van der Waals surface area contributed by atoms with Crippen LogP contribution in [-0.4, -0.2) is 37.9 Å². The van der Waals surface area contributed by atoms with Gasteiger partial charge in [0.1, 0.15) is 0 Å². The zero-order chi connectivity index (χ0) is 14.0. The molecule has 100 valence electrons. The van der Waals surface area contributed by atoms with Gasteiger partial charge in [-0.05, 0) is 18.6 Å². The molecule has 0 aromatic carbocycles. The average Bonchev–Trinajstić information content (AvgIpc) is 2.84. The summed E-state index contributed by atoms with van der Waals surface area (Å²) in [5.41, 5.74) is 0.751. The summed E-state index contributed by atoms with van der Waals surface area (Å²) in [6.45, 7) is 1.76. The fraction of sp³-hybridized carbons (Fsp3) is 0.250. The van der Waals surface area contributed by atoms with Crippen LogP contribution in [0.1, 0.15) is 18.5 Å². The zero-order valence-corrected chi connectivity index (χ0v) is 10.5. The molecular formula is C12H13FN4O2. The van der Waals surface area contributed by atoms with Crippen LogP contribution in [0.25, 0.3) is 5.82 Å². The monoisotopic (exact) mass is 264 g/mol. The van der Waals surface area contributed by atoms with Crippen molar-refractivity contribution in [3.63, 3.8) is 0 Å². The minimum absolute atomic E-state index is 0.312. The van der Waals surface area contributed by atoms with Gasteiger partial charge < -0.3 is 10.0 Å². The highest BCUT2D eigenvalue weighted by atomic mass is 19.1. The molecule has 0 aliphatic heterocycles. The summed E-state index contributed by atoms with van der Waals surface area (Å²) in [5, 5.41) is 12.7. The first-order chi connectivity index (χ1) is 8.99. The number of hydrogen-bond acceptors (Lipinski definition) is 3. The van der Waals surface area contributed by atoms with Crippen LogP contribution in [0.15, 0.2) is 30.7 Å². The largest absolute Gasteiger partial charge is 0.465 e. The lowest BCUT2D eigenvalue weighted by Gasteiger charge is -2.21. The molecule has 0 radical (unpaired) electrons. The zero-order valence-electron chi connectivity index (χ0n) is 10.5. The van der Waals surface area contributed by atoms with E-state index < -0.39 is 11.9 Å². The summed E-state index contributed by atoms with van der Waals surface area (Å²) in [4.78, 5) is 16.2. The van der Waals surface area contributed by atoms with Crippen molar-refractivity contribution in [2.45, 2.75) is 13.0 Å². The van der Waals surface area contributed by atoms with Crippen molar-refractivity contribution in [2.24, 2.45) is 0 Å².